The Hall–Kier alpha value is -2.21. The summed E-state index contributed by atoms with van der Waals surface area (Å²) in [5, 5.41) is 14.4. The van der Waals surface area contributed by atoms with E-state index in [1.807, 2.05) is 44.2 Å². The Morgan fingerprint density at radius 2 is 2.05 bits per heavy atom. The molecule has 0 aliphatic heterocycles. The van der Waals surface area contributed by atoms with E-state index in [2.05, 4.69) is 20.8 Å². The third-order valence-electron chi connectivity index (χ3n) is 2.57. The molecule has 106 valence electrons. The van der Waals surface area contributed by atoms with Gasteiger partial charge in [-0.3, -0.25) is 4.79 Å². The lowest BCUT2D eigenvalue weighted by Gasteiger charge is -2.08. The van der Waals surface area contributed by atoms with Crippen LogP contribution in [0.1, 0.15) is 19.5 Å². The standard InChI is InChI=1S/C14H19N5O/c1-11(2)17-14(20)10-15-8-12-9-16-19(18-12)13-6-4-3-5-7-13/h3-7,9,11,15H,8,10H2,1-2H3,(H,17,20). The van der Waals surface area contributed by atoms with Crippen molar-refractivity contribution in [3.63, 3.8) is 0 Å². The summed E-state index contributed by atoms with van der Waals surface area (Å²) in [7, 11) is 0. The molecule has 0 atom stereocenters. The van der Waals surface area contributed by atoms with Crippen molar-refractivity contribution in [2.75, 3.05) is 6.54 Å². The first-order valence-corrected chi connectivity index (χ1v) is 6.62. The van der Waals surface area contributed by atoms with Gasteiger partial charge in [0.15, 0.2) is 0 Å². The number of para-hydroxylation sites is 1. The summed E-state index contributed by atoms with van der Waals surface area (Å²) in [6.45, 7) is 4.65. The van der Waals surface area contributed by atoms with E-state index in [1.165, 1.54) is 0 Å². The number of hydrogen-bond donors (Lipinski definition) is 2. The Labute approximate surface area is 118 Å². The molecule has 1 aromatic carbocycles. The summed E-state index contributed by atoms with van der Waals surface area (Å²) in [6.07, 6.45) is 1.69. The average Bonchev–Trinajstić information content (AvgIpc) is 2.88. The predicted octanol–water partition coefficient (Wildman–Crippen LogP) is 0.881. The average molecular weight is 273 g/mol. The molecule has 0 saturated heterocycles. The fraction of sp³-hybridized carbons (Fsp3) is 0.357. The number of nitrogens with one attached hydrogen (secondary N) is 2. The van der Waals surface area contributed by atoms with E-state index in [1.54, 1.807) is 11.0 Å². The Morgan fingerprint density at radius 1 is 1.30 bits per heavy atom. The van der Waals surface area contributed by atoms with Crippen molar-refractivity contribution in [2.45, 2.75) is 26.4 Å². The molecule has 0 fully saturated rings. The third kappa shape index (κ3) is 4.17. The van der Waals surface area contributed by atoms with Crippen molar-refractivity contribution in [1.29, 1.82) is 0 Å². The number of carbonyl (C=O) groups excluding carboxylic acids is 1. The summed E-state index contributed by atoms with van der Waals surface area (Å²) in [5.41, 5.74) is 1.71. The lowest BCUT2D eigenvalue weighted by Crippen LogP contribution is -2.37. The Bertz CT molecular complexity index is 550. The molecule has 0 unspecified atom stereocenters. The summed E-state index contributed by atoms with van der Waals surface area (Å²) >= 11 is 0. The molecule has 6 nitrogen and oxygen atoms in total. The van der Waals surface area contributed by atoms with Gasteiger partial charge in [-0.05, 0) is 26.0 Å². The van der Waals surface area contributed by atoms with Crippen molar-refractivity contribution >= 4 is 5.91 Å². The Morgan fingerprint density at radius 3 is 2.75 bits per heavy atom. The number of aromatic nitrogens is 3. The minimum atomic E-state index is -0.0181. The van der Waals surface area contributed by atoms with Crippen molar-refractivity contribution < 1.29 is 4.79 Å². The van der Waals surface area contributed by atoms with E-state index in [0.717, 1.165) is 11.4 Å². The molecular weight excluding hydrogens is 254 g/mol. The summed E-state index contributed by atoms with van der Waals surface area (Å²) in [6, 6.07) is 9.85. The number of carbonyl (C=O) groups is 1. The summed E-state index contributed by atoms with van der Waals surface area (Å²) in [4.78, 5) is 13.0. The molecule has 0 spiro atoms. The molecule has 0 aliphatic carbocycles. The molecule has 0 radical (unpaired) electrons. The molecule has 20 heavy (non-hydrogen) atoms. The minimum absolute atomic E-state index is 0.0181. The quantitative estimate of drug-likeness (QED) is 0.819. The van der Waals surface area contributed by atoms with Gasteiger partial charge in [-0.15, -0.1) is 0 Å². The topological polar surface area (TPSA) is 71.8 Å². The predicted molar refractivity (Wildman–Crippen MR) is 76.3 cm³/mol. The smallest absolute Gasteiger partial charge is 0.234 e. The van der Waals surface area contributed by atoms with Gasteiger partial charge in [-0.2, -0.15) is 15.0 Å². The molecule has 1 aromatic heterocycles. The second-order valence-corrected chi connectivity index (χ2v) is 4.79. The van der Waals surface area contributed by atoms with E-state index in [9.17, 15) is 4.79 Å². The first kappa shape index (κ1) is 14.2. The Balaban J connectivity index is 1.83. The highest BCUT2D eigenvalue weighted by Crippen LogP contribution is 2.03. The molecule has 0 bridgehead atoms. The first-order valence-electron chi connectivity index (χ1n) is 6.62. The largest absolute Gasteiger partial charge is 0.353 e. The maximum absolute atomic E-state index is 11.5. The highest BCUT2D eigenvalue weighted by Gasteiger charge is 2.05. The molecule has 2 aromatic rings. The van der Waals surface area contributed by atoms with Crippen LogP contribution in [0.2, 0.25) is 0 Å². The van der Waals surface area contributed by atoms with Crippen molar-refractivity contribution in [1.82, 2.24) is 25.6 Å². The van der Waals surface area contributed by atoms with E-state index in [4.69, 9.17) is 0 Å². The molecule has 0 saturated carbocycles. The summed E-state index contributed by atoms with van der Waals surface area (Å²) < 4.78 is 0. The lowest BCUT2D eigenvalue weighted by atomic mass is 10.3. The third-order valence-corrected chi connectivity index (χ3v) is 2.57. The van der Waals surface area contributed by atoms with Crippen molar-refractivity contribution in [3.8, 4) is 5.69 Å². The zero-order chi connectivity index (χ0) is 14.4. The fourth-order valence-corrected chi connectivity index (χ4v) is 1.74. The summed E-state index contributed by atoms with van der Waals surface area (Å²) in [5.74, 6) is -0.0181. The van der Waals surface area contributed by atoms with Crippen LogP contribution in [0.5, 0.6) is 0 Å². The fourth-order valence-electron chi connectivity index (χ4n) is 1.74. The van der Waals surface area contributed by atoms with Gasteiger partial charge in [0, 0.05) is 12.6 Å². The Kier molecular flexibility index (Phi) is 4.84. The molecule has 1 heterocycles. The normalized spacial score (nSPS) is 10.8. The van der Waals surface area contributed by atoms with Crippen LogP contribution in [0.4, 0.5) is 0 Å². The van der Waals surface area contributed by atoms with Gasteiger partial charge in [-0.1, -0.05) is 18.2 Å². The molecule has 1 amide bonds. The monoisotopic (exact) mass is 273 g/mol. The van der Waals surface area contributed by atoms with E-state index in [-0.39, 0.29) is 18.5 Å². The zero-order valence-corrected chi connectivity index (χ0v) is 11.7. The van der Waals surface area contributed by atoms with Gasteiger partial charge >= 0.3 is 0 Å². The second kappa shape index (κ2) is 6.81. The second-order valence-electron chi connectivity index (χ2n) is 4.79. The lowest BCUT2D eigenvalue weighted by molar-refractivity contribution is -0.120. The van der Waals surface area contributed by atoms with Crippen LogP contribution in [0.25, 0.3) is 5.69 Å². The van der Waals surface area contributed by atoms with Crippen LogP contribution in [0, 0.1) is 0 Å². The van der Waals surface area contributed by atoms with Crippen LogP contribution in [-0.2, 0) is 11.3 Å². The van der Waals surface area contributed by atoms with Gasteiger partial charge in [0.25, 0.3) is 0 Å². The maximum Gasteiger partial charge on any atom is 0.234 e. The number of amides is 1. The van der Waals surface area contributed by atoms with Crippen LogP contribution in [0.3, 0.4) is 0 Å². The molecular formula is C14H19N5O. The van der Waals surface area contributed by atoms with Gasteiger partial charge in [-0.25, -0.2) is 0 Å². The maximum atomic E-state index is 11.5. The molecule has 0 aliphatic rings. The van der Waals surface area contributed by atoms with Crippen LogP contribution in [0.15, 0.2) is 36.5 Å². The highest BCUT2D eigenvalue weighted by molar-refractivity contribution is 5.78. The van der Waals surface area contributed by atoms with Crippen molar-refractivity contribution in [2.24, 2.45) is 0 Å². The molecule has 6 heteroatoms. The number of rotatable bonds is 6. The van der Waals surface area contributed by atoms with Gasteiger partial charge in [0.05, 0.1) is 24.1 Å². The van der Waals surface area contributed by atoms with E-state index < -0.39 is 0 Å². The van der Waals surface area contributed by atoms with Crippen LogP contribution >= 0.6 is 0 Å². The number of benzene rings is 1. The number of nitrogens with zero attached hydrogens (tertiary/aromatic N) is 3. The molecule has 2 rings (SSSR count). The van der Waals surface area contributed by atoms with Crippen LogP contribution in [-0.4, -0.2) is 33.5 Å². The minimum Gasteiger partial charge on any atom is -0.353 e. The van der Waals surface area contributed by atoms with Gasteiger partial charge in [0.2, 0.25) is 5.91 Å². The van der Waals surface area contributed by atoms with Crippen molar-refractivity contribution in [3.05, 3.63) is 42.2 Å². The SMILES string of the molecule is CC(C)NC(=O)CNCc1cnn(-c2ccccc2)n1. The number of hydrogen-bond acceptors (Lipinski definition) is 4. The molecule has 2 N–H and O–H groups in total. The zero-order valence-electron chi connectivity index (χ0n) is 11.7. The van der Waals surface area contributed by atoms with Gasteiger partial charge < -0.3 is 10.6 Å². The first-order chi connectivity index (χ1) is 9.65. The van der Waals surface area contributed by atoms with Gasteiger partial charge in [0.1, 0.15) is 0 Å². The van der Waals surface area contributed by atoms with Crippen LogP contribution < -0.4 is 10.6 Å². The van der Waals surface area contributed by atoms with E-state index >= 15 is 0 Å². The highest BCUT2D eigenvalue weighted by atomic mass is 16.1. The van der Waals surface area contributed by atoms with E-state index in [0.29, 0.717) is 6.54 Å².